The maximum Gasteiger partial charge on any atom is 0.135 e. The first-order chi connectivity index (χ1) is 21.6. The molecule has 0 fully saturated rings. The molecule has 1 aliphatic rings. The summed E-state index contributed by atoms with van der Waals surface area (Å²) in [5, 5.41) is 10.2. The number of hydrogen-bond acceptors (Lipinski definition) is 1. The van der Waals surface area contributed by atoms with Crippen molar-refractivity contribution in [3.8, 4) is 33.4 Å². The minimum Gasteiger partial charge on any atom is -0.456 e. The number of fused-ring (bicyclic) bond motifs is 6. The Bertz CT molecular complexity index is 2610. The van der Waals surface area contributed by atoms with Gasteiger partial charge in [-0.1, -0.05) is 117 Å². The van der Waals surface area contributed by atoms with Crippen molar-refractivity contribution in [2.75, 3.05) is 0 Å². The Morgan fingerprint density at radius 1 is 0.432 bits per heavy atom. The van der Waals surface area contributed by atoms with Gasteiger partial charge in [0.15, 0.2) is 0 Å². The van der Waals surface area contributed by atoms with E-state index in [0.717, 1.165) is 21.9 Å². The van der Waals surface area contributed by atoms with Crippen LogP contribution in [0.1, 0.15) is 25.0 Å². The lowest BCUT2D eigenvalue weighted by molar-refractivity contribution is 0.662. The molecule has 1 nitrogen and oxygen atoms in total. The fourth-order valence-corrected chi connectivity index (χ4v) is 8.20. The van der Waals surface area contributed by atoms with E-state index in [1.807, 2.05) is 12.1 Å². The molecule has 0 spiro atoms. The Balaban J connectivity index is 1.19. The lowest BCUT2D eigenvalue weighted by Crippen LogP contribution is -2.16. The largest absolute Gasteiger partial charge is 0.456 e. The second-order valence-electron chi connectivity index (χ2n) is 12.9. The molecule has 1 aromatic heterocycles. The van der Waals surface area contributed by atoms with Gasteiger partial charge in [0, 0.05) is 16.2 Å². The van der Waals surface area contributed by atoms with Gasteiger partial charge in [-0.3, -0.25) is 0 Å². The Hall–Kier alpha value is -5.40. The van der Waals surface area contributed by atoms with Gasteiger partial charge in [-0.25, -0.2) is 0 Å². The zero-order valence-electron chi connectivity index (χ0n) is 24.6. The number of hydrogen-bond donors (Lipinski definition) is 0. The van der Waals surface area contributed by atoms with E-state index < -0.39 is 0 Å². The van der Waals surface area contributed by atoms with E-state index in [1.54, 1.807) is 0 Å². The van der Waals surface area contributed by atoms with Crippen molar-refractivity contribution in [2.24, 2.45) is 0 Å². The molecule has 206 valence electrons. The van der Waals surface area contributed by atoms with Crippen molar-refractivity contribution in [3.05, 3.63) is 145 Å². The first-order valence-electron chi connectivity index (χ1n) is 15.4. The molecule has 1 heteroatoms. The highest BCUT2D eigenvalue weighted by Gasteiger charge is 2.37. The van der Waals surface area contributed by atoms with E-state index in [4.69, 9.17) is 4.42 Å². The van der Waals surface area contributed by atoms with Crippen LogP contribution in [-0.2, 0) is 5.41 Å². The summed E-state index contributed by atoms with van der Waals surface area (Å²) in [5.41, 5.74) is 12.4. The third-order valence-corrected chi connectivity index (χ3v) is 10.2. The zero-order valence-corrected chi connectivity index (χ0v) is 24.6. The van der Waals surface area contributed by atoms with Crippen molar-refractivity contribution in [2.45, 2.75) is 19.3 Å². The van der Waals surface area contributed by atoms with Gasteiger partial charge in [-0.2, -0.15) is 0 Å². The first-order valence-corrected chi connectivity index (χ1v) is 15.4. The van der Waals surface area contributed by atoms with Gasteiger partial charge in [-0.15, -0.1) is 0 Å². The SMILES string of the molecule is CC1(C)c2ccccc2-c2cccc(-c3ccc4ccc5cc(-c6ccc7oc8ccccc8c7c6)cc6ccc3c4c56)c21. The Labute approximate surface area is 255 Å². The lowest BCUT2D eigenvalue weighted by Gasteiger charge is -2.25. The van der Waals surface area contributed by atoms with Crippen LogP contribution < -0.4 is 0 Å². The van der Waals surface area contributed by atoms with Gasteiger partial charge in [0.25, 0.3) is 0 Å². The molecule has 44 heavy (non-hydrogen) atoms. The molecule has 8 aromatic carbocycles. The van der Waals surface area contributed by atoms with Crippen molar-refractivity contribution < 1.29 is 4.42 Å². The smallest absolute Gasteiger partial charge is 0.135 e. The van der Waals surface area contributed by atoms with Crippen LogP contribution in [0, 0.1) is 0 Å². The maximum atomic E-state index is 6.11. The van der Waals surface area contributed by atoms with Crippen molar-refractivity contribution >= 4 is 54.3 Å². The molecular formula is C43H28O. The van der Waals surface area contributed by atoms with Gasteiger partial charge in [-0.05, 0) is 107 Å². The molecule has 0 saturated carbocycles. The Kier molecular flexibility index (Phi) is 4.58. The summed E-state index contributed by atoms with van der Waals surface area (Å²) < 4.78 is 6.11. The third kappa shape index (κ3) is 3.09. The molecule has 0 atom stereocenters. The second kappa shape index (κ2) is 8.36. The van der Waals surface area contributed by atoms with Gasteiger partial charge in [0.1, 0.15) is 11.2 Å². The van der Waals surface area contributed by atoms with Crippen molar-refractivity contribution in [1.29, 1.82) is 0 Å². The standard InChI is InChI=1S/C43H28O/c1-43(2)37-12-5-3-8-31(37)35-11-7-10-34(42(35)43)30-19-16-25-14-15-27-22-29(23-28-17-20-33(30)41(25)40(27)28)26-18-21-39-36(24-26)32-9-4-6-13-38(32)44-39/h3-24H,1-2H3. The summed E-state index contributed by atoms with van der Waals surface area (Å²) in [6.45, 7) is 4.75. The number of para-hydroxylation sites is 1. The molecule has 0 amide bonds. The zero-order chi connectivity index (χ0) is 29.2. The molecule has 9 aromatic rings. The van der Waals surface area contributed by atoms with E-state index in [1.165, 1.54) is 76.8 Å². The normalized spacial score (nSPS) is 13.9. The monoisotopic (exact) mass is 560 g/mol. The molecule has 1 aliphatic carbocycles. The van der Waals surface area contributed by atoms with E-state index >= 15 is 0 Å². The number of rotatable bonds is 2. The molecule has 0 N–H and O–H groups in total. The van der Waals surface area contributed by atoms with E-state index in [0.29, 0.717) is 0 Å². The summed E-state index contributed by atoms with van der Waals surface area (Å²) in [6.07, 6.45) is 0. The maximum absolute atomic E-state index is 6.11. The van der Waals surface area contributed by atoms with Crippen molar-refractivity contribution in [3.63, 3.8) is 0 Å². The highest BCUT2D eigenvalue weighted by molar-refractivity contribution is 6.26. The molecule has 0 bridgehead atoms. The van der Waals surface area contributed by atoms with Crippen LogP contribution in [0.5, 0.6) is 0 Å². The van der Waals surface area contributed by atoms with Gasteiger partial charge in [0.05, 0.1) is 0 Å². The second-order valence-corrected chi connectivity index (χ2v) is 12.9. The minimum absolute atomic E-state index is 0.0667. The minimum atomic E-state index is -0.0667. The highest BCUT2D eigenvalue weighted by atomic mass is 16.3. The number of benzene rings is 8. The fourth-order valence-electron chi connectivity index (χ4n) is 8.20. The molecule has 0 unspecified atom stereocenters. The summed E-state index contributed by atoms with van der Waals surface area (Å²) in [6, 6.07) is 49.3. The molecule has 0 aliphatic heterocycles. The summed E-state index contributed by atoms with van der Waals surface area (Å²) in [7, 11) is 0. The van der Waals surface area contributed by atoms with E-state index in [9.17, 15) is 0 Å². The van der Waals surface area contributed by atoms with Gasteiger partial charge in [0.2, 0.25) is 0 Å². The van der Waals surface area contributed by atoms with Crippen LogP contribution in [0.2, 0.25) is 0 Å². The van der Waals surface area contributed by atoms with Crippen LogP contribution >= 0.6 is 0 Å². The number of furan rings is 1. The topological polar surface area (TPSA) is 13.1 Å². The van der Waals surface area contributed by atoms with Gasteiger partial charge >= 0.3 is 0 Å². The Morgan fingerprint density at radius 3 is 2.00 bits per heavy atom. The summed E-state index contributed by atoms with van der Waals surface area (Å²) in [5.74, 6) is 0. The molecule has 1 heterocycles. The van der Waals surface area contributed by atoms with Crippen LogP contribution in [0.3, 0.4) is 0 Å². The van der Waals surface area contributed by atoms with Crippen molar-refractivity contribution in [1.82, 2.24) is 0 Å². The van der Waals surface area contributed by atoms with Crippen LogP contribution in [0.15, 0.2) is 138 Å². The average Bonchev–Trinajstić information content (AvgIpc) is 3.55. The van der Waals surface area contributed by atoms with Crippen LogP contribution in [0.25, 0.3) is 87.6 Å². The lowest BCUT2D eigenvalue weighted by atomic mass is 9.78. The van der Waals surface area contributed by atoms with E-state index in [-0.39, 0.29) is 5.41 Å². The Morgan fingerprint density at radius 2 is 1.11 bits per heavy atom. The molecule has 0 saturated heterocycles. The van der Waals surface area contributed by atoms with Crippen LogP contribution in [0.4, 0.5) is 0 Å². The first kappa shape index (κ1) is 24.1. The van der Waals surface area contributed by atoms with E-state index in [2.05, 4.69) is 135 Å². The molecule has 10 rings (SSSR count). The predicted molar refractivity (Wildman–Crippen MR) is 186 cm³/mol. The average molecular weight is 561 g/mol. The predicted octanol–water partition coefficient (Wildman–Crippen LogP) is 12.1. The quantitative estimate of drug-likeness (QED) is 0.192. The highest BCUT2D eigenvalue weighted by Crippen LogP contribution is 2.53. The van der Waals surface area contributed by atoms with Gasteiger partial charge < -0.3 is 4.42 Å². The fraction of sp³-hybridized carbons (Fsp3) is 0.0698. The molecular weight excluding hydrogens is 532 g/mol. The summed E-state index contributed by atoms with van der Waals surface area (Å²) >= 11 is 0. The molecule has 0 radical (unpaired) electrons. The summed E-state index contributed by atoms with van der Waals surface area (Å²) in [4.78, 5) is 0. The third-order valence-electron chi connectivity index (χ3n) is 10.2. The van der Waals surface area contributed by atoms with Crippen LogP contribution in [-0.4, -0.2) is 0 Å².